The van der Waals surface area contributed by atoms with Gasteiger partial charge in [-0.1, -0.05) is 41.4 Å². The van der Waals surface area contributed by atoms with Crippen LogP contribution in [-0.4, -0.2) is 19.0 Å². The van der Waals surface area contributed by atoms with E-state index < -0.39 is 11.9 Å². The van der Waals surface area contributed by atoms with Gasteiger partial charge in [0.2, 0.25) is 0 Å². The summed E-state index contributed by atoms with van der Waals surface area (Å²) in [5.41, 5.74) is 3.28. The standard InChI is InChI=1S/C26H21ClN2O4/c1-17-3-5-18(6-4-17)16-33-24-12-9-22(27)14-20(24)13-21(15-28)25(30)29-23-10-7-19(8-11-23)26(31)32-2/h3-14H,16H2,1-2H3,(H,29,30)/b21-13+. The molecule has 0 unspecified atom stereocenters. The Balaban J connectivity index is 1.78. The third-order valence-electron chi connectivity index (χ3n) is 4.72. The fraction of sp³-hybridized carbons (Fsp3) is 0.115. The summed E-state index contributed by atoms with van der Waals surface area (Å²) in [6.07, 6.45) is 1.43. The van der Waals surface area contributed by atoms with Crippen LogP contribution in [0, 0.1) is 18.3 Å². The second-order valence-electron chi connectivity index (χ2n) is 7.15. The van der Waals surface area contributed by atoms with E-state index in [4.69, 9.17) is 16.3 Å². The minimum atomic E-state index is -0.604. The number of halogens is 1. The summed E-state index contributed by atoms with van der Waals surface area (Å²) in [7, 11) is 1.29. The van der Waals surface area contributed by atoms with Crippen LogP contribution in [0.15, 0.2) is 72.3 Å². The molecule has 0 atom stereocenters. The number of esters is 1. The van der Waals surface area contributed by atoms with E-state index in [2.05, 4.69) is 10.1 Å². The quantitative estimate of drug-likeness (QED) is 0.283. The lowest BCUT2D eigenvalue weighted by Crippen LogP contribution is -2.13. The average molecular weight is 461 g/mol. The van der Waals surface area contributed by atoms with Gasteiger partial charge in [-0.2, -0.15) is 5.26 Å². The normalized spacial score (nSPS) is 10.8. The number of hydrogen-bond acceptors (Lipinski definition) is 5. The fourth-order valence-electron chi connectivity index (χ4n) is 2.92. The number of anilines is 1. The first-order valence-corrected chi connectivity index (χ1v) is 10.4. The highest BCUT2D eigenvalue weighted by atomic mass is 35.5. The summed E-state index contributed by atoms with van der Waals surface area (Å²) in [5, 5.41) is 12.6. The Bertz CT molecular complexity index is 1230. The van der Waals surface area contributed by atoms with Gasteiger partial charge in [0, 0.05) is 16.3 Å². The van der Waals surface area contributed by atoms with Crippen molar-refractivity contribution in [1.82, 2.24) is 0 Å². The van der Waals surface area contributed by atoms with Crippen molar-refractivity contribution in [2.45, 2.75) is 13.5 Å². The molecular formula is C26H21ClN2O4. The van der Waals surface area contributed by atoms with Gasteiger partial charge < -0.3 is 14.8 Å². The topological polar surface area (TPSA) is 88.4 Å². The Kier molecular flexibility index (Phi) is 7.85. The van der Waals surface area contributed by atoms with E-state index in [1.807, 2.05) is 37.3 Å². The number of nitriles is 1. The zero-order valence-electron chi connectivity index (χ0n) is 18.1. The largest absolute Gasteiger partial charge is 0.488 e. The lowest BCUT2D eigenvalue weighted by molar-refractivity contribution is -0.112. The molecule has 0 aliphatic carbocycles. The second-order valence-corrected chi connectivity index (χ2v) is 7.59. The minimum absolute atomic E-state index is 0.130. The third-order valence-corrected chi connectivity index (χ3v) is 4.95. The second kappa shape index (κ2) is 11.0. The van der Waals surface area contributed by atoms with E-state index in [0.717, 1.165) is 11.1 Å². The van der Waals surface area contributed by atoms with Gasteiger partial charge in [-0.3, -0.25) is 4.79 Å². The number of ether oxygens (including phenoxy) is 2. The van der Waals surface area contributed by atoms with Crippen LogP contribution in [0.1, 0.15) is 27.0 Å². The summed E-state index contributed by atoms with van der Waals surface area (Å²) in [6, 6.07) is 21.0. The van der Waals surface area contributed by atoms with Crippen molar-refractivity contribution >= 4 is 35.2 Å². The number of benzene rings is 3. The van der Waals surface area contributed by atoms with E-state index in [0.29, 0.717) is 34.2 Å². The van der Waals surface area contributed by atoms with Gasteiger partial charge in [0.05, 0.1) is 12.7 Å². The van der Waals surface area contributed by atoms with Crippen LogP contribution in [0.2, 0.25) is 5.02 Å². The molecule has 0 heterocycles. The maximum absolute atomic E-state index is 12.7. The first-order chi connectivity index (χ1) is 15.9. The van der Waals surface area contributed by atoms with Crippen molar-refractivity contribution in [3.63, 3.8) is 0 Å². The number of methoxy groups -OCH3 is 1. The molecule has 1 amide bonds. The molecule has 33 heavy (non-hydrogen) atoms. The number of rotatable bonds is 7. The number of aryl methyl sites for hydroxylation is 1. The predicted molar refractivity (Wildman–Crippen MR) is 127 cm³/mol. The molecule has 7 heteroatoms. The maximum Gasteiger partial charge on any atom is 0.337 e. The Morgan fingerprint density at radius 1 is 1.06 bits per heavy atom. The molecule has 1 N–H and O–H groups in total. The zero-order chi connectivity index (χ0) is 23.8. The average Bonchev–Trinajstić information content (AvgIpc) is 2.82. The van der Waals surface area contributed by atoms with Gasteiger partial charge in [-0.25, -0.2) is 4.79 Å². The Morgan fingerprint density at radius 2 is 1.76 bits per heavy atom. The molecule has 3 aromatic rings. The van der Waals surface area contributed by atoms with Crippen LogP contribution in [0.25, 0.3) is 6.08 Å². The molecule has 0 bridgehead atoms. The van der Waals surface area contributed by atoms with E-state index in [9.17, 15) is 14.9 Å². The molecule has 3 rings (SSSR count). The summed E-state index contributed by atoms with van der Waals surface area (Å²) in [4.78, 5) is 24.2. The van der Waals surface area contributed by atoms with Crippen LogP contribution in [0.3, 0.4) is 0 Å². The van der Waals surface area contributed by atoms with Crippen molar-refractivity contribution in [1.29, 1.82) is 5.26 Å². The number of nitrogens with one attached hydrogen (secondary N) is 1. The molecule has 0 fully saturated rings. The number of carbonyl (C=O) groups excluding carboxylic acids is 2. The van der Waals surface area contributed by atoms with Crippen molar-refractivity contribution in [3.8, 4) is 11.8 Å². The molecule has 166 valence electrons. The first kappa shape index (κ1) is 23.6. The molecular weight excluding hydrogens is 440 g/mol. The predicted octanol–water partition coefficient (Wildman–Crippen LogP) is 5.56. The molecule has 0 aliphatic heterocycles. The Hall–Kier alpha value is -4.08. The van der Waals surface area contributed by atoms with E-state index in [1.165, 1.54) is 25.3 Å². The van der Waals surface area contributed by atoms with Gasteiger partial charge >= 0.3 is 5.97 Å². The highest BCUT2D eigenvalue weighted by Gasteiger charge is 2.13. The van der Waals surface area contributed by atoms with E-state index in [-0.39, 0.29) is 5.57 Å². The first-order valence-electron chi connectivity index (χ1n) is 9.99. The monoisotopic (exact) mass is 460 g/mol. The van der Waals surface area contributed by atoms with Crippen molar-refractivity contribution in [2.24, 2.45) is 0 Å². The summed E-state index contributed by atoms with van der Waals surface area (Å²) < 4.78 is 10.6. The van der Waals surface area contributed by atoms with Crippen molar-refractivity contribution in [2.75, 3.05) is 12.4 Å². The van der Waals surface area contributed by atoms with Gasteiger partial charge in [0.25, 0.3) is 5.91 Å². The summed E-state index contributed by atoms with van der Waals surface area (Å²) >= 11 is 6.13. The molecule has 0 aliphatic rings. The molecule has 3 aromatic carbocycles. The summed E-state index contributed by atoms with van der Waals surface area (Å²) in [5.74, 6) is -0.597. The van der Waals surface area contributed by atoms with Gasteiger partial charge in [-0.05, 0) is 61.0 Å². The zero-order valence-corrected chi connectivity index (χ0v) is 18.8. The number of carbonyl (C=O) groups is 2. The molecule has 0 saturated heterocycles. The van der Waals surface area contributed by atoms with Gasteiger partial charge in [-0.15, -0.1) is 0 Å². The van der Waals surface area contributed by atoms with Crippen LogP contribution in [-0.2, 0) is 16.1 Å². The van der Waals surface area contributed by atoms with Gasteiger partial charge in [0.1, 0.15) is 24.0 Å². The Labute approximate surface area is 197 Å². The number of hydrogen-bond donors (Lipinski definition) is 1. The molecule has 0 radical (unpaired) electrons. The van der Waals surface area contributed by atoms with E-state index >= 15 is 0 Å². The lowest BCUT2D eigenvalue weighted by atomic mass is 10.1. The highest BCUT2D eigenvalue weighted by Crippen LogP contribution is 2.26. The third kappa shape index (κ3) is 6.45. The SMILES string of the molecule is COC(=O)c1ccc(NC(=O)/C(C#N)=C/c2cc(Cl)ccc2OCc2ccc(C)cc2)cc1. The smallest absolute Gasteiger partial charge is 0.337 e. The van der Waals surface area contributed by atoms with Crippen LogP contribution in [0.5, 0.6) is 5.75 Å². The lowest BCUT2D eigenvalue weighted by Gasteiger charge is -2.11. The maximum atomic E-state index is 12.7. The molecule has 0 aromatic heterocycles. The van der Waals surface area contributed by atoms with Crippen LogP contribution >= 0.6 is 11.6 Å². The fourth-order valence-corrected chi connectivity index (χ4v) is 3.10. The molecule has 0 spiro atoms. The number of amides is 1. The molecule has 0 saturated carbocycles. The van der Waals surface area contributed by atoms with E-state index in [1.54, 1.807) is 30.3 Å². The van der Waals surface area contributed by atoms with Gasteiger partial charge in [0.15, 0.2) is 0 Å². The highest BCUT2D eigenvalue weighted by molar-refractivity contribution is 6.30. The molecule has 6 nitrogen and oxygen atoms in total. The minimum Gasteiger partial charge on any atom is -0.488 e. The summed E-state index contributed by atoms with van der Waals surface area (Å²) in [6.45, 7) is 2.33. The van der Waals surface area contributed by atoms with Crippen molar-refractivity contribution in [3.05, 3.63) is 99.6 Å². The van der Waals surface area contributed by atoms with Crippen molar-refractivity contribution < 1.29 is 19.1 Å². The Morgan fingerprint density at radius 3 is 2.39 bits per heavy atom. The van der Waals surface area contributed by atoms with Crippen LogP contribution in [0.4, 0.5) is 5.69 Å². The number of nitrogens with zero attached hydrogens (tertiary/aromatic N) is 1. The van der Waals surface area contributed by atoms with Crippen LogP contribution < -0.4 is 10.1 Å².